The first-order valence-corrected chi connectivity index (χ1v) is 34.8. The fourth-order valence-corrected chi connectivity index (χ4v) is 12.8. The summed E-state index contributed by atoms with van der Waals surface area (Å²) < 4.78 is 28.7. The van der Waals surface area contributed by atoms with Crippen LogP contribution in [0.1, 0.15) is 143 Å². The van der Waals surface area contributed by atoms with Crippen LogP contribution in [0.15, 0.2) is 79.0 Å². The number of ether oxygens (including phenoxy) is 5. The van der Waals surface area contributed by atoms with Crippen molar-refractivity contribution in [2.75, 3.05) is 99.2 Å². The molecule has 0 radical (unpaired) electrons. The molecule has 2 fully saturated rings. The molecule has 11 amide bonds. The molecule has 546 valence electrons. The van der Waals surface area contributed by atoms with Crippen LogP contribution < -0.4 is 51.8 Å². The number of hydrogen-bond donors (Lipinski definition) is 7. The Kier molecular flexibility index (Phi) is 27.5. The van der Waals surface area contributed by atoms with Gasteiger partial charge in [-0.05, 0) is 105 Å². The zero-order chi connectivity index (χ0) is 72.8. The minimum atomic E-state index is -0.908. The zero-order valence-corrected chi connectivity index (χ0v) is 58.3. The number of fused-ring (bicyclic) bond motifs is 2. The molecule has 30 heteroatoms. The van der Waals surface area contributed by atoms with Gasteiger partial charge < -0.3 is 70.3 Å². The number of aromatic nitrogens is 2. The first-order valence-electron chi connectivity index (χ1n) is 34.8. The summed E-state index contributed by atoms with van der Waals surface area (Å²) in [7, 11) is 3.26. The summed E-state index contributed by atoms with van der Waals surface area (Å²) in [5.41, 5.74) is 3.75. The molecule has 4 aromatic rings. The third kappa shape index (κ3) is 20.3. The Morgan fingerprint density at radius 2 is 1.48 bits per heavy atom. The van der Waals surface area contributed by atoms with Gasteiger partial charge in [-0.15, -0.1) is 0 Å². The maximum absolute atomic E-state index is 13.8. The first kappa shape index (κ1) is 76.0. The number of benzene rings is 3. The van der Waals surface area contributed by atoms with Crippen LogP contribution in [-0.4, -0.2) is 188 Å². The Morgan fingerprint density at radius 3 is 2.19 bits per heavy atom. The normalized spacial score (nSPS) is 17.1. The fourth-order valence-electron chi connectivity index (χ4n) is 12.8. The van der Waals surface area contributed by atoms with Gasteiger partial charge in [0.15, 0.2) is 5.82 Å². The molecular weight excluding hydrogens is 1320 g/mol. The van der Waals surface area contributed by atoms with Crippen molar-refractivity contribution in [2.24, 2.45) is 11.8 Å². The Bertz CT molecular complexity index is 3750. The lowest BCUT2D eigenvalue weighted by molar-refractivity contribution is -0.151. The van der Waals surface area contributed by atoms with E-state index in [0.29, 0.717) is 88.2 Å². The summed E-state index contributed by atoms with van der Waals surface area (Å²) in [5, 5.41) is 19.3. The molecule has 1 aromatic heterocycles. The number of piperidine rings is 1. The molecule has 102 heavy (non-hydrogen) atoms. The van der Waals surface area contributed by atoms with E-state index < -0.39 is 59.4 Å². The fraction of sp³-hybridized carbons (Fsp3) is 0.500. The van der Waals surface area contributed by atoms with Crippen molar-refractivity contribution in [3.63, 3.8) is 0 Å². The second-order valence-electron chi connectivity index (χ2n) is 25.8. The second-order valence-corrected chi connectivity index (χ2v) is 25.8. The average Bonchev–Trinajstić information content (AvgIpc) is 1.03. The van der Waals surface area contributed by atoms with Crippen LogP contribution in [0.25, 0.3) is 0 Å². The molecular formula is C72H91N13O17. The van der Waals surface area contributed by atoms with Gasteiger partial charge >= 0.3 is 5.97 Å². The largest absolute Gasteiger partial charge is 0.495 e. The number of anilines is 6. The van der Waals surface area contributed by atoms with Crippen LogP contribution >= 0.6 is 0 Å². The number of carbonyl (C=O) groups excluding carboxylic acids is 12. The highest BCUT2D eigenvalue weighted by Gasteiger charge is 2.43. The number of amides is 11. The number of hydrogen-bond acceptors (Lipinski definition) is 21. The van der Waals surface area contributed by atoms with Crippen molar-refractivity contribution >= 4 is 105 Å². The molecule has 3 aromatic carbocycles. The van der Waals surface area contributed by atoms with Gasteiger partial charge in [-0.3, -0.25) is 67.8 Å². The van der Waals surface area contributed by atoms with E-state index in [-0.39, 0.29) is 158 Å². The van der Waals surface area contributed by atoms with E-state index in [0.717, 1.165) is 30.6 Å². The average molecular weight is 1410 g/mol. The van der Waals surface area contributed by atoms with Crippen molar-refractivity contribution < 1.29 is 81.2 Å². The number of likely N-dealkylation sites (N-methyl/N-ethyl adjacent to an activating group) is 1. The number of methoxy groups -OCH3 is 1. The number of nitrogens with zero attached hydrogens (tertiary/aromatic N) is 6. The summed E-state index contributed by atoms with van der Waals surface area (Å²) in [4.78, 5) is 170. The van der Waals surface area contributed by atoms with Crippen molar-refractivity contribution in [3.8, 4) is 5.75 Å². The summed E-state index contributed by atoms with van der Waals surface area (Å²) in [6.45, 7) is 6.66. The van der Waals surface area contributed by atoms with E-state index in [1.807, 2.05) is 6.92 Å². The van der Waals surface area contributed by atoms with Crippen LogP contribution in [0.2, 0.25) is 0 Å². The van der Waals surface area contributed by atoms with Gasteiger partial charge in [0.2, 0.25) is 47.3 Å². The summed E-state index contributed by atoms with van der Waals surface area (Å²) in [6, 6.07) is 14.5. The highest BCUT2D eigenvalue weighted by Crippen LogP contribution is 2.41. The van der Waals surface area contributed by atoms with Gasteiger partial charge in [0.1, 0.15) is 36.2 Å². The molecule has 0 bridgehead atoms. The molecule has 3 unspecified atom stereocenters. The Balaban J connectivity index is 0.693. The Labute approximate surface area is 591 Å². The standard InChI is InChI=1S/C72H91N13O17/c1-6-54-70(96)82(4)56-40-75-72(81-65(56)85(54)49-13-9-10-14-49)78-53-24-20-47(39-57(53)98-5)66(92)73-31-34-100-36-38-101-37-35-99-33-30-46(21-26-59(87)77-52-16-12-15-50-51(52)42-84(69(50)95)55-25-27-60(88)80-67(55)93)71(97)102-43-45-18-22-48(23-19-45)76-61(89)41-74-68(94)64(44(2)3)79-58(86)17-8-7-11-32-83-62(90)28-29-63(83)91/h12,15-16,18-20,22-24,28-29,39-40,44,46,49,54-55,64H,6-11,13-14,17,21,25-27,30-38,41-43H2,1-5H3,(H,73,92)(H,74,94)(H,76,89)(H,77,87)(H,79,86)(H,75,78,81)(H,80,88,93)/t46?,54-,55?,64?/m1/s1. The number of carbonyl (C=O) groups is 12. The quantitative estimate of drug-likeness (QED) is 0.0174. The SMILES string of the molecule is CC[C@@H]1C(=O)N(C)c2cnc(Nc3ccc(C(=O)NCCOCCOCCOCCC(CCC(=O)Nc4cccc5c4CN(C4CCC(=O)NC4=O)C5=O)C(=O)OCc4ccc(NC(=O)CNC(=O)C(NC(=O)CCCCCN5C(=O)C=CC5=O)C(C)C)cc4)cc3OC)nc2N1C1CCCC1. The number of esters is 1. The van der Waals surface area contributed by atoms with Crippen LogP contribution in [0.5, 0.6) is 5.75 Å². The lowest BCUT2D eigenvalue weighted by Crippen LogP contribution is -2.55. The van der Waals surface area contributed by atoms with Gasteiger partial charge in [-0.25, -0.2) is 4.98 Å². The molecule has 4 aliphatic heterocycles. The second kappa shape index (κ2) is 36.9. The number of rotatable bonds is 38. The van der Waals surface area contributed by atoms with E-state index in [4.69, 9.17) is 28.7 Å². The molecule has 9 rings (SSSR count). The molecule has 1 saturated heterocycles. The molecule has 5 heterocycles. The highest BCUT2D eigenvalue weighted by molar-refractivity contribution is 6.13. The lowest BCUT2D eigenvalue weighted by Gasteiger charge is -2.43. The van der Waals surface area contributed by atoms with Gasteiger partial charge in [0.25, 0.3) is 23.6 Å². The Hall–Kier alpha value is -10.2. The highest BCUT2D eigenvalue weighted by atomic mass is 16.5. The number of imide groups is 2. The molecule has 5 aliphatic rings. The van der Waals surface area contributed by atoms with Gasteiger partial charge in [-0.1, -0.05) is 58.2 Å². The summed E-state index contributed by atoms with van der Waals surface area (Å²) in [5.74, 6) is -4.53. The van der Waals surface area contributed by atoms with Crippen molar-refractivity contribution in [1.82, 2.24) is 41.0 Å². The molecule has 1 aliphatic carbocycles. The van der Waals surface area contributed by atoms with Crippen LogP contribution in [0.3, 0.4) is 0 Å². The summed E-state index contributed by atoms with van der Waals surface area (Å²) in [6.07, 6.45) is 11.0. The van der Waals surface area contributed by atoms with Gasteiger partial charge in [0, 0.05) is 98.8 Å². The van der Waals surface area contributed by atoms with Gasteiger partial charge in [0.05, 0.1) is 64.5 Å². The van der Waals surface area contributed by atoms with Crippen molar-refractivity contribution in [1.29, 1.82) is 0 Å². The third-order valence-corrected chi connectivity index (χ3v) is 18.4. The predicted octanol–water partition coefficient (Wildman–Crippen LogP) is 5.12. The van der Waals surface area contributed by atoms with Crippen LogP contribution in [0, 0.1) is 11.8 Å². The van der Waals surface area contributed by atoms with Crippen LogP contribution in [0.4, 0.5) is 34.5 Å². The van der Waals surface area contributed by atoms with Gasteiger partial charge in [-0.2, -0.15) is 4.98 Å². The molecule has 1 saturated carbocycles. The maximum Gasteiger partial charge on any atom is 0.309 e. The molecule has 30 nitrogen and oxygen atoms in total. The molecule has 4 atom stereocenters. The van der Waals surface area contributed by atoms with Crippen molar-refractivity contribution in [2.45, 2.75) is 148 Å². The molecule has 0 spiro atoms. The maximum atomic E-state index is 13.8. The van der Waals surface area contributed by atoms with E-state index >= 15 is 0 Å². The Morgan fingerprint density at radius 1 is 0.755 bits per heavy atom. The minimum absolute atomic E-state index is 0.0269. The van der Waals surface area contributed by atoms with E-state index in [1.54, 1.807) is 92.7 Å². The molecule has 7 N–H and O–H groups in total. The van der Waals surface area contributed by atoms with E-state index in [9.17, 15) is 57.5 Å². The van der Waals surface area contributed by atoms with E-state index in [2.05, 4.69) is 47.1 Å². The topological polar surface area (TPSA) is 374 Å². The minimum Gasteiger partial charge on any atom is -0.495 e. The van der Waals surface area contributed by atoms with E-state index in [1.165, 1.54) is 24.2 Å². The third-order valence-electron chi connectivity index (χ3n) is 18.4. The summed E-state index contributed by atoms with van der Waals surface area (Å²) >= 11 is 0. The zero-order valence-electron chi connectivity index (χ0n) is 58.3. The first-order chi connectivity index (χ1) is 49.2. The smallest absolute Gasteiger partial charge is 0.309 e. The lowest BCUT2D eigenvalue weighted by atomic mass is 9.99. The monoisotopic (exact) mass is 1410 g/mol. The van der Waals surface area contributed by atoms with Crippen LogP contribution in [-0.2, 0) is 80.0 Å². The number of unbranched alkanes of at least 4 members (excludes halogenated alkanes) is 2. The van der Waals surface area contributed by atoms with Crippen molar-refractivity contribution in [3.05, 3.63) is 101 Å². The number of nitrogens with one attached hydrogen (secondary N) is 7. The predicted molar refractivity (Wildman–Crippen MR) is 373 cm³/mol.